The number of hydrogen-bond acceptors (Lipinski definition) is 4. The van der Waals surface area contributed by atoms with E-state index in [1.165, 1.54) is 0 Å². The molecule has 0 saturated carbocycles. The number of unbranched alkanes of at least 4 members (excludes halogenated alkanes) is 3. The van der Waals surface area contributed by atoms with Crippen LogP contribution in [0.5, 0.6) is 0 Å². The van der Waals surface area contributed by atoms with E-state index in [1.807, 2.05) is 30.3 Å². The summed E-state index contributed by atoms with van der Waals surface area (Å²) in [6, 6.07) is 8.75. The zero-order chi connectivity index (χ0) is 19.2. The molecule has 0 fully saturated rings. The van der Waals surface area contributed by atoms with Gasteiger partial charge in [-0.25, -0.2) is 9.59 Å². The first-order valence-electron chi connectivity index (χ1n) is 9.12. The fourth-order valence-electron chi connectivity index (χ4n) is 2.41. The highest BCUT2D eigenvalue weighted by Crippen LogP contribution is 2.01. The Bertz CT molecular complexity index is 563. The monoisotopic (exact) mass is 364 g/mol. The lowest BCUT2D eigenvalue weighted by Gasteiger charge is -2.16. The van der Waals surface area contributed by atoms with Gasteiger partial charge in [-0.05, 0) is 18.4 Å². The molecule has 1 aromatic carbocycles. The van der Waals surface area contributed by atoms with Gasteiger partial charge in [-0.3, -0.25) is 10.5 Å². The predicted octanol–water partition coefficient (Wildman–Crippen LogP) is 1.18. The van der Waals surface area contributed by atoms with E-state index in [2.05, 4.69) is 23.3 Å². The van der Waals surface area contributed by atoms with Crippen molar-refractivity contribution in [2.45, 2.75) is 51.5 Å². The molecule has 26 heavy (non-hydrogen) atoms. The van der Waals surface area contributed by atoms with E-state index in [1.54, 1.807) is 0 Å². The van der Waals surface area contributed by atoms with Crippen molar-refractivity contribution in [2.24, 2.45) is 0 Å². The molecule has 1 aromatic rings. The first kappa shape index (κ1) is 21.6. The summed E-state index contributed by atoms with van der Waals surface area (Å²) in [5, 5.41) is 5.19. The van der Waals surface area contributed by atoms with E-state index in [0.717, 1.165) is 31.2 Å². The number of carbonyl (C=O) groups excluding carboxylic acids is 3. The molecule has 0 bridgehead atoms. The van der Waals surface area contributed by atoms with E-state index < -0.39 is 23.9 Å². The summed E-state index contributed by atoms with van der Waals surface area (Å²) in [6.45, 7) is 2.81. The summed E-state index contributed by atoms with van der Waals surface area (Å²) in [6.07, 6.45) is 3.78. The summed E-state index contributed by atoms with van der Waals surface area (Å²) < 4.78 is 5.06. The maximum Gasteiger partial charge on any atom is 0.407 e. The molecule has 7 heteroatoms. The van der Waals surface area contributed by atoms with E-state index in [-0.39, 0.29) is 6.42 Å². The van der Waals surface area contributed by atoms with E-state index in [4.69, 9.17) is 4.74 Å². The lowest BCUT2D eigenvalue weighted by atomic mass is 10.1. The van der Waals surface area contributed by atoms with Crippen molar-refractivity contribution in [3.63, 3.8) is 0 Å². The van der Waals surface area contributed by atoms with Crippen LogP contribution >= 0.6 is 0 Å². The van der Waals surface area contributed by atoms with Gasteiger partial charge in [0.1, 0.15) is 6.04 Å². The van der Waals surface area contributed by atoms with Crippen LogP contribution in [0.15, 0.2) is 30.3 Å². The summed E-state index contributed by atoms with van der Waals surface area (Å²) in [7, 11) is 0. The van der Waals surface area contributed by atoms with Crippen molar-refractivity contribution in [1.29, 1.82) is 0 Å². The second-order valence-electron chi connectivity index (χ2n) is 6.16. The van der Waals surface area contributed by atoms with Gasteiger partial charge in [0.2, 0.25) is 5.91 Å². The molecular formula is C19H30N3O4+. The molecule has 0 heterocycles. The van der Waals surface area contributed by atoms with Crippen LogP contribution in [0.4, 0.5) is 4.79 Å². The Labute approximate surface area is 154 Å². The Morgan fingerprint density at radius 3 is 2.50 bits per heavy atom. The highest BCUT2D eigenvalue weighted by atomic mass is 16.5. The highest BCUT2D eigenvalue weighted by molar-refractivity contribution is 5.88. The molecule has 0 spiro atoms. The lowest BCUT2D eigenvalue weighted by molar-refractivity contribution is -0.306. The molecule has 1 rings (SSSR count). The number of benzene rings is 1. The second-order valence-corrected chi connectivity index (χ2v) is 6.16. The highest BCUT2D eigenvalue weighted by Gasteiger charge is 2.24. The van der Waals surface area contributed by atoms with Crippen molar-refractivity contribution in [2.75, 3.05) is 13.2 Å². The molecule has 0 aliphatic heterocycles. The first-order valence-corrected chi connectivity index (χ1v) is 9.12. The smallest absolute Gasteiger partial charge is 0.407 e. The molecular weight excluding hydrogens is 334 g/mol. The van der Waals surface area contributed by atoms with Crippen molar-refractivity contribution in [3.05, 3.63) is 35.9 Å². The number of amides is 3. The molecule has 7 nitrogen and oxygen atoms in total. The summed E-state index contributed by atoms with van der Waals surface area (Å²) >= 11 is 0. The number of quaternary nitrogens is 1. The van der Waals surface area contributed by atoms with Crippen molar-refractivity contribution in [3.8, 4) is 0 Å². The lowest BCUT2D eigenvalue weighted by Crippen LogP contribution is -2.61. The maximum atomic E-state index is 12.3. The van der Waals surface area contributed by atoms with Crippen molar-refractivity contribution < 1.29 is 24.9 Å². The normalized spacial score (nSPS) is 11.5. The van der Waals surface area contributed by atoms with Gasteiger partial charge < -0.3 is 15.4 Å². The third-order valence-electron chi connectivity index (χ3n) is 3.83. The van der Waals surface area contributed by atoms with Gasteiger partial charge in [-0.2, -0.15) is 0 Å². The Balaban J connectivity index is 2.39. The standard InChI is InChI=1S/C19H29N3O4/c1-2-3-4-8-13-26-19(25)22-16(14-17(20)23)18(24)21-12-11-15-9-6-5-7-10-15/h5-7,9-10,16H,2-4,8,11-14H2,1H3,(H2,20,23)(H,21,24)(H,22,25)/p+1/t16-/m1/s1. The average molecular weight is 364 g/mol. The molecule has 0 unspecified atom stereocenters. The topological polar surface area (TPSA) is 112 Å². The number of rotatable bonds is 12. The average Bonchev–Trinajstić information content (AvgIpc) is 2.61. The minimum absolute atomic E-state index is 0.165. The summed E-state index contributed by atoms with van der Waals surface area (Å²) in [5.74, 6) is -0.836. The van der Waals surface area contributed by atoms with Gasteiger partial charge in [-0.1, -0.05) is 56.5 Å². The number of nitrogens with one attached hydrogen (secondary N) is 2. The number of alkyl carbamates (subject to hydrolysis) is 1. The van der Waals surface area contributed by atoms with Crippen LogP contribution in [0.2, 0.25) is 0 Å². The third-order valence-corrected chi connectivity index (χ3v) is 3.83. The minimum atomic E-state index is -0.973. The number of carbonyl (C=O) groups is 3. The molecule has 5 N–H and O–H groups in total. The molecule has 0 radical (unpaired) electrons. The van der Waals surface area contributed by atoms with Crippen LogP contribution in [-0.2, 0) is 20.7 Å². The molecule has 3 amide bonds. The largest absolute Gasteiger partial charge is 0.450 e. The first-order chi connectivity index (χ1) is 12.5. The van der Waals surface area contributed by atoms with Gasteiger partial charge in [-0.15, -0.1) is 0 Å². The van der Waals surface area contributed by atoms with Crippen LogP contribution in [0.1, 0.15) is 44.6 Å². The quantitative estimate of drug-likeness (QED) is 0.483. The predicted molar refractivity (Wildman–Crippen MR) is 98.1 cm³/mol. The van der Waals surface area contributed by atoms with Crippen LogP contribution in [-0.4, -0.2) is 37.1 Å². The Morgan fingerprint density at radius 2 is 1.85 bits per heavy atom. The van der Waals surface area contributed by atoms with E-state index >= 15 is 0 Å². The van der Waals surface area contributed by atoms with Crippen LogP contribution in [0.3, 0.4) is 0 Å². The molecule has 0 aliphatic carbocycles. The van der Waals surface area contributed by atoms with Gasteiger partial charge in [0.15, 0.2) is 0 Å². The molecule has 1 atom stereocenters. The molecule has 144 valence electrons. The Morgan fingerprint density at radius 1 is 1.12 bits per heavy atom. The van der Waals surface area contributed by atoms with E-state index in [9.17, 15) is 14.4 Å². The van der Waals surface area contributed by atoms with Gasteiger partial charge in [0.25, 0.3) is 0 Å². The fraction of sp³-hybridized carbons (Fsp3) is 0.526. The summed E-state index contributed by atoms with van der Waals surface area (Å²) in [5.41, 5.74) is 4.38. The fourth-order valence-corrected chi connectivity index (χ4v) is 2.41. The SMILES string of the molecule is CCCCCCOC(=O)N[C@H](CC([NH3+])=O)C(=O)NCCc1ccccc1. The van der Waals surface area contributed by atoms with Crippen LogP contribution in [0, 0.1) is 0 Å². The number of hydrogen-bond donors (Lipinski definition) is 3. The van der Waals surface area contributed by atoms with Crippen molar-refractivity contribution in [1.82, 2.24) is 10.6 Å². The van der Waals surface area contributed by atoms with Gasteiger partial charge in [0.05, 0.1) is 13.0 Å². The van der Waals surface area contributed by atoms with Gasteiger partial charge >= 0.3 is 12.0 Å². The maximum absolute atomic E-state index is 12.3. The summed E-state index contributed by atoms with van der Waals surface area (Å²) in [4.78, 5) is 35.4. The molecule has 0 aliphatic rings. The Kier molecular flexibility index (Phi) is 10.7. The minimum Gasteiger partial charge on any atom is -0.450 e. The zero-order valence-corrected chi connectivity index (χ0v) is 15.5. The van der Waals surface area contributed by atoms with E-state index in [0.29, 0.717) is 19.6 Å². The van der Waals surface area contributed by atoms with Gasteiger partial charge in [0, 0.05) is 6.54 Å². The second kappa shape index (κ2) is 12.9. The van der Waals surface area contributed by atoms with Crippen molar-refractivity contribution >= 4 is 17.9 Å². The van der Waals surface area contributed by atoms with Crippen LogP contribution in [0.25, 0.3) is 0 Å². The van der Waals surface area contributed by atoms with Crippen LogP contribution < -0.4 is 16.4 Å². The Hall–Kier alpha value is -2.41. The molecule has 0 saturated heterocycles. The zero-order valence-electron chi connectivity index (χ0n) is 15.5. The number of ether oxygens (including phenoxy) is 1. The molecule has 0 aromatic heterocycles. The third kappa shape index (κ3) is 9.78.